The van der Waals surface area contributed by atoms with Crippen LogP contribution in [0.15, 0.2) is 60.7 Å². The molecule has 6 aromatic rings. The highest BCUT2D eigenvalue weighted by Gasteiger charge is 2.18. The van der Waals surface area contributed by atoms with E-state index >= 15 is 0 Å². The van der Waals surface area contributed by atoms with Gasteiger partial charge in [0.2, 0.25) is 0 Å². The second-order valence-corrected chi connectivity index (χ2v) is 12.2. The summed E-state index contributed by atoms with van der Waals surface area (Å²) < 4.78 is 15.4. The molecule has 0 unspecified atom stereocenters. The lowest BCUT2D eigenvalue weighted by molar-refractivity contribution is 0.0480. The van der Waals surface area contributed by atoms with Gasteiger partial charge in [-0.05, 0) is 51.0 Å². The molecule has 46 heavy (non-hydrogen) atoms. The number of benzene rings is 2. The Bertz CT molecular complexity index is 1910. The van der Waals surface area contributed by atoms with Crippen LogP contribution in [0, 0.1) is 13.8 Å². The van der Waals surface area contributed by atoms with E-state index in [-0.39, 0.29) is 11.9 Å². The fourth-order valence-corrected chi connectivity index (χ4v) is 6.77. The molecule has 4 heterocycles. The average molecular weight is 619 g/mol. The van der Waals surface area contributed by atoms with E-state index in [1.165, 1.54) is 0 Å². The molecule has 8 heteroatoms. The third-order valence-electron chi connectivity index (χ3n) is 9.04. The van der Waals surface area contributed by atoms with Gasteiger partial charge in [0.05, 0.1) is 35.6 Å². The Kier molecular flexibility index (Phi) is 9.33. The van der Waals surface area contributed by atoms with Crippen LogP contribution in [0.5, 0.6) is 0 Å². The maximum atomic E-state index is 12.8. The summed E-state index contributed by atoms with van der Waals surface area (Å²) in [5, 5.41) is 4.29. The van der Waals surface area contributed by atoms with Crippen molar-refractivity contribution >= 4 is 55.6 Å². The number of pyridine rings is 2. The van der Waals surface area contributed by atoms with Gasteiger partial charge in [-0.25, -0.2) is 19.6 Å². The van der Waals surface area contributed by atoms with Crippen LogP contribution in [0.25, 0.3) is 43.6 Å². The standard InChI is InChI=1S/C38H42N4O4/c1-25-35-29(27-17-11-13-19-33(27)41(35)3)23-31(39-25)37(43)45-21-15-9-7-5-6-8-10-16-22-46-38(44)32-24-30-28-18-12-14-20-34(28)42(4)36(30)26(2)40-32/h11-14,17-20,23-24H,5-10,15-16,21-22H2,1-4H3. The Morgan fingerprint density at radius 2 is 0.935 bits per heavy atom. The first kappa shape index (κ1) is 31.3. The number of para-hydroxylation sites is 2. The Labute approximate surface area is 269 Å². The van der Waals surface area contributed by atoms with Crippen LogP contribution in [0.4, 0.5) is 0 Å². The number of rotatable bonds is 13. The minimum atomic E-state index is -0.362. The fraction of sp³-hybridized carbons (Fsp3) is 0.368. The first-order valence-electron chi connectivity index (χ1n) is 16.4. The number of hydrogen-bond donors (Lipinski definition) is 0. The predicted octanol–water partition coefficient (Wildman–Crippen LogP) is 8.52. The molecular weight excluding hydrogens is 576 g/mol. The highest BCUT2D eigenvalue weighted by molar-refractivity contribution is 6.11. The van der Waals surface area contributed by atoms with Crippen molar-refractivity contribution in [3.8, 4) is 0 Å². The molecule has 2 aromatic carbocycles. The van der Waals surface area contributed by atoms with Gasteiger partial charge in [0.25, 0.3) is 0 Å². The monoisotopic (exact) mass is 618 g/mol. The predicted molar refractivity (Wildman–Crippen MR) is 183 cm³/mol. The van der Waals surface area contributed by atoms with E-state index in [0.717, 1.165) is 106 Å². The molecule has 4 aromatic heterocycles. The molecule has 0 N–H and O–H groups in total. The van der Waals surface area contributed by atoms with Crippen LogP contribution in [-0.4, -0.2) is 44.3 Å². The summed E-state index contributed by atoms with van der Waals surface area (Å²) in [5.74, 6) is -0.725. The minimum absolute atomic E-state index is 0.362. The third-order valence-corrected chi connectivity index (χ3v) is 9.04. The van der Waals surface area contributed by atoms with Crippen LogP contribution in [-0.2, 0) is 23.6 Å². The van der Waals surface area contributed by atoms with E-state index < -0.39 is 0 Å². The number of carbonyl (C=O) groups excluding carboxylic acids is 2. The summed E-state index contributed by atoms with van der Waals surface area (Å²) in [4.78, 5) is 34.6. The minimum Gasteiger partial charge on any atom is -0.461 e. The maximum absolute atomic E-state index is 12.8. The lowest BCUT2D eigenvalue weighted by Gasteiger charge is -2.08. The number of carbonyl (C=O) groups is 2. The van der Waals surface area contributed by atoms with E-state index in [0.29, 0.717) is 24.6 Å². The molecule has 6 rings (SSSR count). The van der Waals surface area contributed by atoms with E-state index in [2.05, 4.69) is 43.4 Å². The summed E-state index contributed by atoms with van der Waals surface area (Å²) in [6.07, 6.45) is 8.22. The zero-order chi connectivity index (χ0) is 32.2. The van der Waals surface area contributed by atoms with Gasteiger partial charge in [-0.3, -0.25) is 0 Å². The molecule has 0 amide bonds. The van der Waals surface area contributed by atoms with Crippen LogP contribution in [0.2, 0.25) is 0 Å². The van der Waals surface area contributed by atoms with Crippen molar-refractivity contribution in [3.63, 3.8) is 0 Å². The zero-order valence-electron chi connectivity index (χ0n) is 27.3. The van der Waals surface area contributed by atoms with E-state index in [1.807, 2.05) is 64.3 Å². The van der Waals surface area contributed by atoms with E-state index in [4.69, 9.17) is 9.47 Å². The van der Waals surface area contributed by atoms with E-state index in [9.17, 15) is 9.59 Å². The van der Waals surface area contributed by atoms with Gasteiger partial charge >= 0.3 is 11.9 Å². The fourth-order valence-electron chi connectivity index (χ4n) is 6.77. The SMILES string of the molecule is Cc1nc(C(=O)OCCCCCCCCCCOC(=O)c2cc3c4ccccc4n(C)c3c(C)n2)cc2c3ccccc3n(C)c12. The second-order valence-electron chi connectivity index (χ2n) is 12.2. The molecule has 0 bridgehead atoms. The molecule has 8 nitrogen and oxygen atoms in total. The molecular formula is C38H42N4O4. The number of ether oxygens (including phenoxy) is 2. The summed E-state index contributed by atoms with van der Waals surface area (Å²) >= 11 is 0. The van der Waals surface area contributed by atoms with Crippen molar-refractivity contribution in [2.75, 3.05) is 13.2 Å². The molecule has 0 spiro atoms. The van der Waals surface area contributed by atoms with Gasteiger partial charge in [-0.2, -0.15) is 0 Å². The van der Waals surface area contributed by atoms with Crippen molar-refractivity contribution in [2.24, 2.45) is 14.1 Å². The average Bonchev–Trinajstić information content (AvgIpc) is 3.52. The van der Waals surface area contributed by atoms with Gasteiger partial charge in [0, 0.05) is 46.7 Å². The molecule has 0 atom stereocenters. The van der Waals surface area contributed by atoms with Crippen LogP contribution >= 0.6 is 0 Å². The smallest absolute Gasteiger partial charge is 0.356 e. The number of unbranched alkanes of at least 4 members (excludes halogenated alkanes) is 7. The third kappa shape index (κ3) is 6.21. The first-order valence-corrected chi connectivity index (χ1v) is 16.4. The van der Waals surface area contributed by atoms with Gasteiger partial charge in [-0.15, -0.1) is 0 Å². The summed E-state index contributed by atoms with van der Waals surface area (Å²) in [6.45, 7) is 4.69. The van der Waals surface area contributed by atoms with E-state index in [1.54, 1.807) is 0 Å². The lowest BCUT2D eigenvalue weighted by Crippen LogP contribution is -2.09. The zero-order valence-corrected chi connectivity index (χ0v) is 27.3. The van der Waals surface area contributed by atoms with Crippen molar-refractivity contribution in [2.45, 2.75) is 65.2 Å². The molecule has 0 saturated carbocycles. The molecule has 0 saturated heterocycles. The number of esters is 2. The van der Waals surface area contributed by atoms with Crippen molar-refractivity contribution in [1.82, 2.24) is 19.1 Å². The van der Waals surface area contributed by atoms with Crippen LogP contribution in [0.1, 0.15) is 83.7 Å². The normalized spacial score (nSPS) is 11.7. The quantitative estimate of drug-likeness (QED) is 0.0952. The molecule has 0 fully saturated rings. The molecule has 238 valence electrons. The number of nitrogens with zero attached hydrogens (tertiary/aromatic N) is 4. The van der Waals surface area contributed by atoms with Gasteiger partial charge < -0.3 is 18.6 Å². The summed E-state index contributed by atoms with van der Waals surface area (Å²) in [5.41, 5.74) is 6.71. The largest absolute Gasteiger partial charge is 0.461 e. The van der Waals surface area contributed by atoms with Crippen molar-refractivity contribution in [3.05, 3.63) is 83.4 Å². The molecule has 0 aliphatic carbocycles. The van der Waals surface area contributed by atoms with Gasteiger partial charge in [0.15, 0.2) is 0 Å². The van der Waals surface area contributed by atoms with Gasteiger partial charge in [0.1, 0.15) is 11.4 Å². The first-order chi connectivity index (χ1) is 22.3. The molecule has 0 aliphatic heterocycles. The Morgan fingerprint density at radius 1 is 0.565 bits per heavy atom. The van der Waals surface area contributed by atoms with Crippen LogP contribution < -0.4 is 0 Å². The van der Waals surface area contributed by atoms with Crippen molar-refractivity contribution < 1.29 is 19.1 Å². The van der Waals surface area contributed by atoms with Gasteiger partial charge in [-0.1, -0.05) is 74.9 Å². The highest BCUT2D eigenvalue weighted by Crippen LogP contribution is 2.31. The topological polar surface area (TPSA) is 88.2 Å². The summed E-state index contributed by atoms with van der Waals surface area (Å²) in [7, 11) is 4.06. The number of hydrogen-bond acceptors (Lipinski definition) is 6. The lowest BCUT2D eigenvalue weighted by atomic mass is 10.1. The Hall–Kier alpha value is -4.72. The Morgan fingerprint density at radius 3 is 1.35 bits per heavy atom. The molecule has 0 aliphatic rings. The summed E-state index contributed by atoms with van der Waals surface area (Å²) in [6, 6.07) is 20.1. The molecule has 0 radical (unpaired) electrons. The Balaban J connectivity index is 0.858. The number of aryl methyl sites for hydroxylation is 4. The highest BCUT2D eigenvalue weighted by atomic mass is 16.5. The maximum Gasteiger partial charge on any atom is 0.356 e. The van der Waals surface area contributed by atoms with Crippen molar-refractivity contribution in [1.29, 1.82) is 0 Å². The number of fused-ring (bicyclic) bond motifs is 6. The number of aromatic nitrogens is 4. The second kappa shape index (κ2) is 13.7. The van der Waals surface area contributed by atoms with Crippen LogP contribution in [0.3, 0.4) is 0 Å².